The number of hydrogen-bond acceptors (Lipinski definition) is 2. The van der Waals surface area contributed by atoms with Gasteiger partial charge in [-0.1, -0.05) is 24.8 Å². The summed E-state index contributed by atoms with van der Waals surface area (Å²) in [5.41, 5.74) is 0.303. The molecule has 0 saturated heterocycles. The van der Waals surface area contributed by atoms with E-state index >= 15 is 0 Å². The number of amides is 1. The van der Waals surface area contributed by atoms with Crippen LogP contribution in [0.25, 0.3) is 0 Å². The largest absolute Gasteiger partial charge is 0.375 e. The van der Waals surface area contributed by atoms with Gasteiger partial charge in [0, 0.05) is 12.7 Å². The molecule has 1 amide bonds. The van der Waals surface area contributed by atoms with Gasteiger partial charge in [-0.2, -0.15) is 0 Å². The quantitative estimate of drug-likeness (QED) is 0.821. The van der Waals surface area contributed by atoms with Crippen LogP contribution in [0.2, 0.25) is 0 Å². The third-order valence-corrected chi connectivity index (χ3v) is 2.52. The van der Waals surface area contributed by atoms with Crippen LogP contribution in [-0.2, 0) is 9.53 Å². The van der Waals surface area contributed by atoms with Crippen LogP contribution in [0.5, 0.6) is 0 Å². The van der Waals surface area contributed by atoms with E-state index in [-0.39, 0.29) is 0 Å². The number of carbonyl (C=O) groups is 1. The van der Waals surface area contributed by atoms with Gasteiger partial charge in [0.05, 0.1) is 6.04 Å². The SMILES string of the molecule is C=C(F)C(=O)NC(C)C(OC)c1ccccc1F. The van der Waals surface area contributed by atoms with Crippen molar-refractivity contribution in [3.63, 3.8) is 0 Å². The summed E-state index contributed by atoms with van der Waals surface area (Å²) in [5, 5.41) is 2.35. The van der Waals surface area contributed by atoms with Crippen LogP contribution >= 0.6 is 0 Å². The van der Waals surface area contributed by atoms with Crippen molar-refractivity contribution >= 4 is 5.91 Å². The maximum absolute atomic E-state index is 13.6. The predicted octanol–water partition coefficient (Wildman–Crippen LogP) is 2.50. The van der Waals surface area contributed by atoms with E-state index in [0.717, 1.165) is 0 Å². The third-order valence-electron chi connectivity index (χ3n) is 2.52. The summed E-state index contributed by atoms with van der Waals surface area (Å²) in [6, 6.07) is 5.47. The summed E-state index contributed by atoms with van der Waals surface area (Å²) >= 11 is 0. The molecule has 1 aromatic rings. The molecule has 98 valence electrons. The van der Waals surface area contributed by atoms with E-state index in [4.69, 9.17) is 4.74 Å². The fourth-order valence-corrected chi connectivity index (χ4v) is 1.67. The van der Waals surface area contributed by atoms with Gasteiger partial charge in [0.2, 0.25) is 0 Å². The highest BCUT2D eigenvalue weighted by Gasteiger charge is 2.23. The summed E-state index contributed by atoms with van der Waals surface area (Å²) in [7, 11) is 1.39. The van der Waals surface area contributed by atoms with E-state index in [9.17, 15) is 13.6 Å². The maximum Gasteiger partial charge on any atom is 0.279 e. The lowest BCUT2D eigenvalue weighted by atomic mass is 10.0. The molecule has 0 aromatic heterocycles. The molecular formula is C13H15F2NO2. The van der Waals surface area contributed by atoms with Gasteiger partial charge >= 0.3 is 0 Å². The van der Waals surface area contributed by atoms with Crippen LogP contribution < -0.4 is 5.32 Å². The van der Waals surface area contributed by atoms with Crippen LogP contribution in [0.1, 0.15) is 18.6 Å². The van der Waals surface area contributed by atoms with Gasteiger partial charge in [-0.25, -0.2) is 8.78 Å². The highest BCUT2D eigenvalue weighted by atomic mass is 19.1. The molecule has 0 bridgehead atoms. The van der Waals surface area contributed by atoms with Gasteiger partial charge in [0.25, 0.3) is 5.91 Å². The zero-order valence-electron chi connectivity index (χ0n) is 10.2. The molecule has 0 spiro atoms. The number of carbonyl (C=O) groups excluding carboxylic acids is 1. The number of rotatable bonds is 5. The standard InChI is InChI=1S/C13H15F2NO2/c1-8(14)13(17)16-9(2)12(18-3)10-6-4-5-7-11(10)15/h4-7,9,12H,1H2,2-3H3,(H,16,17). The summed E-state index contributed by atoms with van der Waals surface area (Å²) in [6.45, 7) is 4.49. The Morgan fingerprint density at radius 2 is 2.06 bits per heavy atom. The van der Waals surface area contributed by atoms with E-state index in [1.165, 1.54) is 13.2 Å². The summed E-state index contributed by atoms with van der Waals surface area (Å²) < 4.78 is 31.3. The van der Waals surface area contributed by atoms with Crippen molar-refractivity contribution in [1.29, 1.82) is 0 Å². The summed E-state index contributed by atoms with van der Waals surface area (Å²) in [5.74, 6) is -2.46. The number of methoxy groups -OCH3 is 1. The minimum Gasteiger partial charge on any atom is -0.375 e. The van der Waals surface area contributed by atoms with Gasteiger partial charge in [-0.3, -0.25) is 4.79 Å². The topological polar surface area (TPSA) is 38.3 Å². The molecule has 2 atom stereocenters. The molecule has 0 fully saturated rings. The second-order valence-corrected chi connectivity index (χ2v) is 3.84. The van der Waals surface area contributed by atoms with Crippen LogP contribution in [0, 0.1) is 5.82 Å². The van der Waals surface area contributed by atoms with Crippen molar-refractivity contribution in [3.8, 4) is 0 Å². The zero-order valence-corrected chi connectivity index (χ0v) is 10.2. The van der Waals surface area contributed by atoms with Gasteiger partial charge in [0.1, 0.15) is 11.9 Å². The maximum atomic E-state index is 13.6. The molecule has 0 aliphatic heterocycles. The minimum absolute atomic E-state index is 0.303. The number of nitrogens with one attached hydrogen (secondary N) is 1. The lowest BCUT2D eigenvalue weighted by Gasteiger charge is -2.24. The Kier molecular flexibility index (Phi) is 4.97. The first-order chi connectivity index (χ1) is 8.47. The molecular weight excluding hydrogens is 240 g/mol. The molecule has 0 radical (unpaired) electrons. The van der Waals surface area contributed by atoms with Gasteiger partial charge in [0.15, 0.2) is 5.83 Å². The molecule has 1 N–H and O–H groups in total. The number of benzene rings is 1. The van der Waals surface area contributed by atoms with Crippen molar-refractivity contribution in [2.75, 3.05) is 7.11 Å². The van der Waals surface area contributed by atoms with E-state index in [0.29, 0.717) is 5.56 Å². The van der Waals surface area contributed by atoms with E-state index in [1.807, 2.05) is 0 Å². The highest BCUT2D eigenvalue weighted by Crippen LogP contribution is 2.23. The average Bonchev–Trinajstić information content (AvgIpc) is 2.32. The van der Waals surface area contributed by atoms with Crippen molar-refractivity contribution in [3.05, 3.63) is 48.1 Å². The molecule has 0 saturated carbocycles. The number of halogens is 2. The monoisotopic (exact) mass is 255 g/mol. The van der Waals surface area contributed by atoms with Gasteiger partial charge in [-0.05, 0) is 13.0 Å². The molecule has 0 aliphatic carbocycles. The van der Waals surface area contributed by atoms with Gasteiger partial charge in [-0.15, -0.1) is 0 Å². The molecule has 5 heteroatoms. The predicted molar refractivity (Wildman–Crippen MR) is 64.0 cm³/mol. The van der Waals surface area contributed by atoms with Crippen LogP contribution in [0.4, 0.5) is 8.78 Å². The van der Waals surface area contributed by atoms with Crippen molar-refractivity contribution in [1.82, 2.24) is 5.32 Å². The molecule has 0 heterocycles. The second kappa shape index (κ2) is 6.26. The summed E-state index contributed by atoms with van der Waals surface area (Å²) in [6.07, 6.45) is -0.700. The fraction of sp³-hybridized carbons (Fsp3) is 0.308. The molecule has 2 unspecified atom stereocenters. The zero-order chi connectivity index (χ0) is 13.7. The van der Waals surface area contributed by atoms with E-state index < -0.39 is 29.7 Å². The molecule has 1 aromatic carbocycles. The van der Waals surface area contributed by atoms with Crippen LogP contribution in [0.15, 0.2) is 36.7 Å². The summed E-state index contributed by atoms with van der Waals surface area (Å²) in [4.78, 5) is 11.2. The number of ether oxygens (including phenoxy) is 1. The first-order valence-corrected chi connectivity index (χ1v) is 5.39. The Bertz CT molecular complexity index is 448. The Balaban J connectivity index is 2.87. The first kappa shape index (κ1) is 14.3. The average molecular weight is 255 g/mol. The van der Waals surface area contributed by atoms with E-state index in [2.05, 4.69) is 11.9 Å². The van der Waals surface area contributed by atoms with Crippen molar-refractivity contribution < 1.29 is 18.3 Å². The highest BCUT2D eigenvalue weighted by molar-refractivity contribution is 5.90. The van der Waals surface area contributed by atoms with E-state index in [1.54, 1.807) is 25.1 Å². The fourth-order valence-electron chi connectivity index (χ4n) is 1.67. The lowest BCUT2D eigenvalue weighted by Crippen LogP contribution is -2.38. The molecule has 3 nitrogen and oxygen atoms in total. The third kappa shape index (κ3) is 3.37. The normalized spacial score (nSPS) is 13.8. The van der Waals surface area contributed by atoms with Crippen LogP contribution in [0.3, 0.4) is 0 Å². The first-order valence-electron chi connectivity index (χ1n) is 5.39. The number of hydrogen-bond donors (Lipinski definition) is 1. The van der Waals surface area contributed by atoms with Gasteiger partial charge < -0.3 is 10.1 Å². The second-order valence-electron chi connectivity index (χ2n) is 3.84. The Labute approximate surface area is 104 Å². The van der Waals surface area contributed by atoms with Crippen molar-refractivity contribution in [2.24, 2.45) is 0 Å². The van der Waals surface area contributed by atoms with Crippen molar-refractivity contribution in [2.45, 2.75) is 19.1 Å². The Hall–Kier alpha value is -1.75. The van der Waals surface area contributed by atoms with Crippen LogP contribution in [-0.4, -0.2) is 19.1 Å². The minimum atomic E-state index is -1.09. The Morgan fingerprint density at radius 1 is 1.44 bits per heavy atom. The molecule has 0 aliphatic rings. The molecule has 18 heavy (non-hydrogen) atoms. The smallest absolute Gasteiger partial charge is 0.279 e. The lowest BCUT2D eigenvalue weighted by molar-refractivity contribution is -0.120. The molecule has 1 rings (SSSR count). The Morgan fingerprint density at radius 3 is 2.56 bits per heavy atom.